The number of H-pyrrole nitrogens is 1. The molecule has 1 fully saturated rings. The first-order valence-corrected chi connectivity index (χ1v) is 8.44. The second-order valence-electron chi connectivity index (χ2n) is 6.38. The molecule has 2 heterocycles. The minimum absolute atomic E-state index is 0.270. The molecule has 0 atom stereocenters. The lowest BCUT2D eigenvalue weighted by atomic mass is 10.0. The summed E-state index contributed by atoms with van der Waals surface area (Å²) in [5.74, 6) is 0.455. The van der Waals surface area contributed by atoms with Crippen molar-refractivity contribution < 1.29 is 13.2 Å². The van der Waals surface area contributed by atoms with E-state index in [0.29, 0.717) is 24.5 Å². The van der Waals surface area contributed by atoms with E-state index in [0.717, 1.165) is 30.3 Å². The number of rotatable bonds is 2. The van der Waals surface area contributed by atoms with Crippen molar-refractivity contribution in [3.8, 4) is 11.4 Å². The highest BCUT2D eigenvalue weighted by Crippen LogP contribution is 2.39. The fraction of sp³-hybridized carbons (Fsp3) is 0.316. The van der Waals surface area contributed by atoms with Crippen molar-refractivity contribution in [2.45, 2.75) is 25.4 Å². The largest absolute Gasteiger partial charge is 0.418 e. The summed E-state index contributed by atoms with van der Waals surface area (Å²) in [5.41, 5.74) is 1.68. The molecule has 1 aliphatic rings. The zero-order valence-electron chi connectivity index (χ0n) is 13.6. The molecule has 0 amide bonds. The van der Waals surface area contributed by atoms with Crippen molar-refractivity contribution in [3.05, 3.63) is 48.0 Å². The Morgan fingerprint density at radius 1 is 0.960 bits per heavy atom. The van der Waals surface area contributed by atoms with E-state index in [2.05, 4.69) is 9.97 Å². The number of fused-ring (bicyclic) bond motifs is 1. The smallest absolute Gasteiger partial charge is 0.371 e. The average molecular weight is 345 g/mol. The molecule has 6 heteroatoms. The van der Waals surface area contributed by atoms with Gasteiger partial charge in [0.2, 0.25) is 0 Å². The van der Waals surface area contributed by atoms with E-state index in [1.54, 1.807) is 12.1 Å². The van der Waals surface area contributed by atoms with Crippen molar-refractivity contribution in [1.82, 2.24) is 9.97 Å². The Hall–Kier alpha value is -2.50. The molecule has 0 aliphatic carbocycles. The topological polar surface area (TPSA) is 31.9 Å². The van der Waals surface area contributed by atoms with Crippen LogP contribution in [-0.4, -0.2) is 23.1 Å². The molecule has 1 aliphatic heterocycles. The van der Waals surface area contributed by atoms with Crippen LogP contribution in [0, 0.1) is 0 Å². The van der Waals surface area contributed by atoms with Gasteiger partial charge in [-0.15, -0.1) is 0 Å². The van der Waals surface area contributed by atoms with Crippen LogP contribution in [0.15, 0.2) is 42.5 Å². The number of halogens is 3. The van der Waals surface area contributed by atoms with E-state index >= 15 is 0 Å². The third-order valence-corrected chi connectivity index (χ3v) is 4.66. The molecule has 2 aromatic carbocycles. The molecule has 1 N–H and O–H groups in total. The molecule has 1 aromatic heterocycles. The van der Waals surface area contributed by atoms with Gasteiger partial charge < -0.3 is 9.88 Å². The van der Waals surface area contributed by atoms with Gasteiger partial charge in [0.25, 0.3) is 0 Å². The number of piperidine rings is 1. The summed E-state index contributed by atoms with van der Waals surface area (Å²) in [7, 11) is 0. The van der Waals surface area contributed by atoms with Gasteiger partial charge in [0.15, 0.2) is 0 Å². The van der Waals surface area contributed by atoms with Crippen LogP contribution >= 0.6 is 0 Å². The maximum Gasteiger partial charge on any atom is 0.418 e. The number of para-hydroxylation sites is 2. The van der Waals surface area contributed by atoms with Crippen LogP contribution in [0.2, 0.25) is 0 Å². The zero-order chi connectivity index (χ0) is 17.4. The summed E-state index contributed by atoms with van der Waals surface area (Å²) < 4.78 is 40.9. The summed E-state index contributed by atoms with van der Waals surface area (Å²) in [6.45, 7) is 1.35. The summed E-state index contributed by atoms with van der Waals surface area (Å²) in [6, 6.07) is 11.9. The molecule has 0 bridgehead atoms. The molecule has 1 saturated heterocycles. The first kappa shape index (κ1) is 16.0. The summed E-state index contributed by atoms with van der Waals surface area (Å²) in [5, 5.41) is 0. The van der Waals surface area contributed by atoms with Crippen LogP contribution < -0.4 is 4.90 Å². The number of benzene rings is 2. The monoisotopic (exact) mass is 345 g/mol. The standard InChI is InChI=1S/C19H18F3N3/c20-19(21,22)14-12-13(8-9-17(14)25-10-4-1-5-11-25)18-23-15-6-2-3-7-16(15)24-18/h2-3,6-9,12H,1,4-5,10-11H2,(H,23,24). The van der Waals surface area contributed by atoms with Crippen LogP contribution in [0.4, 0.5) is 18.9 Å². The van der Waals surface area contributed by atoms with E-state index in [1.807, 2.05) is 29.2 Å². The zero-order valence-corrected chi connectivity index (χ0v) is 13.6. The number of nitrogens with zero attached hydrogens (tertiary/aromatic N) is 2. The highest BCUT2D eigenvalue weighted by Gasteiger charge is 2.35. The summed E-state index contributed by atoms with van der Waals surface area (Å²) >= 11 is 0. The lowest BCUT2D eigenvalue weighted by molar-refractivity contribution is -0.137. The Labute approximate surface area is 143 Å². The SMILES string of the molecule is FC(F)(F)c1cc(-c2nc3ccccc3[nH]2)ccc1N1CCCCC1. The summed E-state index contributed by atoms with van der Waals surface area (Å²) in [6.07, 6.45) is -1.45. The number of alkyl halides is 3. The number of aromatic nitrogens is 2. The van der Waals surface area contributed by atoms with Gasteiger partial charge in [0.1, 0.15) is 5.82 Å². The van der Waals surface area contributed by atoms with E-state index in [4.69, 9.17) is 0 Å². The lowest BCUT2D eigenvalue weighted by Gasteiger charge is -2.31. The van der Waals surface area contributed by atoms with E-state index < -0.39 is 11.7 Å². The Kier molecular flexibility index (Phi) is 3.90. The van der Waals surface area contributed by atoms with Gasteiger partial charge in [-0.3, -0.25) is 0 Å². The number of imidazole rings is 1. The lowest BCUT2D eigenvalue weighted by Crippen LogP contribution is -2.31. The second kappa shape index (κ2) is 6.10. The van der Waals surface area contributed by atoms with Crippen LogP contribution in [0.1, 0.15) is 24.8 Å². The number of anilines is 1. The third kappa shape index (κ3) is 3.08. The Morgan fingerprint density at radius 2 is 1.72 bits per heavy atom. The fourth-order valence-corrected chi connectivity index (χ4v) is 3.41. The fourth-order valence-electron chi connectivity index (χ4n) is 3.41. The Balaban J connectivity index is 1.79. The molecule has 130 valence electrons. The third-order valence-electron chi connectivity index (χ3n) is 4.66. The van der Waals surface area contributed by atoms with Gasteiger partial charge in [-0.05, 0) is 49.6 Å². The van der Waals surface area contributed by atoms with Crippen molar-refractivity contribution >= 4 is 16.7 Å². The quantitative estimate of drug-likeness (QED) is 0.689. The van der Waals surface area contributed by atoms with Crippen LogP contribution in [-0.2, 0) is 6.18 Å². The van der Waals surface area contributed by atoms with Gasteiger partial charge in [-0.1, -0.05) is 12.1 Å². The molecule has 4 rings (SSSR count). The molecule has 0 spiro atoms. The first-order chi connectivity index (χ1) is 12.0. The van der Waals surface area contributed by atoms with Crippen molar-refractivity contribution in [1.29, 1.82) is 0 Å². The Morgan fingerprint density at radius 3 is 2.44 bits per heavy atom. The van der Waals surface area contributed by atoms with Gasteiger partial charge in [-0.2, -0.15) is 13.2 Å². The minimum atomic E-state index is -4.39. The predicted molar refractivity (Wildman–Crippen MR) is 92.6 cm³/mol. The average Bonchev–Trinajstić information content (AvgIpc) is 3.05. The molecular weight excluding hydrogens is 327 g/mol. The summed E-state index contributed by atoms with van der Waals surface area (Å²) in [4.78, 5) is 9.35. The number of hydrogen-bond acceptors (Lipinski definition) is 2. The second-order valence-corrected chi connectivity index (χ2v) is 6.38. The Bertz CT molecular complexity index is 859. The first-order valence-electron chi connectivity index (χ1n) is 8.44. The van der Waals surface area contributed by atoms with Gasteiger partial charge in [-0.25, -0.2) is 4.98 Å². The molecule has 25 heavy (non-hydrogen) atoms. The molecule has 0 radical (unpaired) electrons. The van der Waals surface area contributed by atoms with Crippen molar-refractivity contribution in [2.24, 2.45) is 0 Å². The molecule has 3 nitrogen and oxygen atoms in total. The van der Waals surface area contributed by atoms with Crippen LogP contribution in [0.3, 0.4) is 0 Å². The number of hydrogen-bond donors (Lipinski definition) is 1. The van der Waals surface area contributed by atoms with Gasteiger partial charge >= 0.3 is 6.18 Å². The normalized spacial score (nSPS) is 15.7. The van der Waals surface area contributed by atoms with Crippen molar-refractivity contribution in [3.63, 3.8) is 0 Å². The maximum absolute atomic E-state index is 13.6. The molecule has 0 unspecified atom stereocenters. The molecule has 0 saturated carbocycles. The minimum Gasteiger partial charge on any atom is -0.371 e. The predicted octanol–water partition coefficient (Wildman–Crippen LogP) is 5.24. The maximum atomic E-state index is 13.6. The van der Waals surface area contributed by atoms with Crippen LogP contribution in [0.25, 0.3) is 22.4 Å². The van der Waals surface area contributed by atoms with E-state index in [1.165, 1.54) is 6.07 Å². The number of aromatic amines is 1. The van der Waals surface area contributed by atoms with Crippen molar-refractivity contribution in [2.75, 3.05) is 18.0 Å². The van der Waals surface area contributed by atoms with E-state index in [-0.39, 0.29) is 5.69 Å². The number of nitrogens with one attached hydrogen (secondary N) is 1. The van der Waals surface area contributed by atoms with E-state index in [9.17, 15) is 13.2 Å². The molecule has 3 aromatic rings. The molecular formula is C19H18F3N3. The van der Waals surface area contributed by atoms with Gasteiger partial charge in [0, 0.05) is 24.3 Å². The highest BCUT2D eigenvalue weighted by molar-refractivity contribution is 5.79. The van der Waals surface area contributed by atoms with Gasteiger partial charge in [0.05, 0.1) is 16.6 Å². The highest BCUT2D eigenvalue weighted by atomic mass is 19.4. The van der Waals surface area contributed by atoms with Crippen LogP contribution in [0.5, 0.6) is 0 Å².